The molecule has 2 aromatic rings. The Labute approximate surface area is 113 Å². The van der Waals surface area contributed by atoms with Crippen LogP contribution in [-0.4, -0.2) is 29.3 Å². The van der Waals surface area contributed by atoms with Gasteiger partial charge in [-0.1, -0.05) is 0 Å². The molecule has 0 bridgehead atoms. The van der Waals surface area contributed by atoms with Crippen molar-refractivity contribution in [1.82, 2.24) is 9.78 Å². The van der Waals surface area contributed by atoms with E-state index in [0.29, 0.717) is 5.69 Å². The number of nitrogens with zero attached hydrogens (tertiary/aromatic N) is 2. The number of sulfonamides is 1. The topological polar surface area (TPSA) is 101 Å². The fraction of sp³-hybridized carbons (Fsp3) is 0.200. The van der Waals surface area contributed by atoms with E-state index in [2.05, 4.69) is 9.82 Å². The number of carbonyl (C=O) groups is 1. The van der Waals surface area contributed by atoms with Gasteiger partial charge in [-0.05, 0) is 18.4 Å². The molecule has 0 aliphatic carbocycles. The number of aromatic carboxylic acids is 1. The van der Waals surface area contributed by atoms with Gasteiger partial charge in [-0.25, -0.2) is 13.2 Å². The van der Waals surface area contributed by atoms with Gasteiger partial charge in [0.1, 0.15) is 15.6 Å². The Hall–Kier alpha value is -1.87. The van der Waals surface area contributed by atoms with Crippen LogP contribution in [0.25, 0.3) is 0 Å². The minimum atomic E-state index is -3.94. The lowest BCUT2D eigenvalue weighted by atomic mass is 10.5. The largest absolute Gasteiger partial charge is 0.477 e. The van der Waals surface area contributed by atoms with Gasteiger partial charge >= 0.3 is 5.97 Å². The second-order valence-corrected chi connectivity index (χ2v) is 6.39. The maximum atomic E-state index is 12.1. The van der Waals surface area contributed by atoms with Gasteiger partial charge in [0.2, 0.25) is 0 Å². The Morgan fingerprint density at radius 2 is 2.21 bits per heavy atom. The number of aryl methyl sites for hydroxylation is 2. The summed E-state index contributed by atoms with van der Waals surface area (Å²) in [6.45, 7) is 1.73. The molecule has 0 saturated carbocycles. The van der Waals surface area contributed by atoms with Crippen molar-refractivity contribution in [2.75, 3.05) is 4.72 Å². The molecule has 0 fully saturated rings. The summed E-state index contributed by atoms with van der Waals surface area (Å²) in [7, 11) is -2.34. The number of carboxylic acid groups (broad SMARTS) is 1. The fourth-order valence-electron chi connectivity index (χ4n) is 1.56. The average molecular weight is 301 g/mol. The SMILES string of the molecule is Cc1cc(NS(=O)(=O)c2ccsc2C(=O)O)n(C)n1. The van der Waals surface area contributed by atoms with Crippen LogP contribution in [-0.2, 0) is 17.1 Å². The highest BCUT2D eigenvalue weighted by atomic mass is 32.2. The minimum Gasteiger partial charge on any atom is -0.477 e. The number of hydrogen-bond donors (Lipinski definition) is 2. The summed E-state index contributed by atoms with van der Waals surface area (Å²) in [5.74, 6) is -0.989. The second kappa shape index (κ2) is 4.67. The van der Waals surface area contributed by atoms with Gasteiger partial charge in [0.25, 0.3) is 10.0 Å². The third-order valence-corrected chi connectivity index (χ3v) is 4.78. The van der Waals surface area contributed by atoms with Crippen molar-refractivity contribution >= 4 is 33.1 Å². The molecular formula is C10H11N3O4S2. The minimum absolute atomic E-state index is 0.216. The van der Waals surface area contributed by atoms with E-state index in [1.807, 2.05) is 0 Å². The highest BCUT2D eigenvalue weighted by Gasteiger charge is 2.24. The lowest BCUT2D eigenvalue weighted by Crippen LogP contribution is -2.17. The van der Waals surface area contributed by atoms with E-state index in [0.717, 1.165) is 11.3 Å². The van der Waals surface area contributed by atoms with Crippen LogP contribution in [0.2, 0.25) is 0 Å². The molecule has 2 heterocycles. The Kier molecular flexibility index (Phi) is 3.33. The summed E-state index contributed by atoms with van der Waals surface area (Å²) < 4.78 is 28.0. The lowest BCUT2D eigenvalue weighted by Gasteiger charge is -2.07. The van der Waals surface area contributed by atoms with Crippen molar-refractivity contribution < 1.29 is 18.3 Å². The van der Waals surface area contributed by atoms with Crippen LogP contribution >= 0.6 is 11.3 Å². The third kappa shape index (κ3) is 2.61. The van der Waals surface area contributed by atoms with Crippen LogP contribution in [0, 0.1) is 6.92 Å². The maximum absolute atomic E-state index is 12.1. The van der Waals surface area contributed by atoms with Gasteiger partial charge in [0, 0.05) is 13.1 Å². The Bertz CT molecular complexity index is 730. The molecule has 7 nitrogen and oxygen atoms in total. The predicted molar refractivity (Wildman–Crippen MR) is 70.0 cm³/mol. The number of hydrogen-bond acceptors (Lipinski definition) is 5. The monoisotopic (exact) mass is 301 g/mol. The molecule has 19 heavy (non-hydrogen) atoms. The quantitative estimate of drug-likeness (QED) is 0.886. The van der Waals surface area contributed by atoms with Crippen LogP contribution in [0.4, 0.5) is 5.82 Å². The zero-order valence-electron chi connectivity index (χ0n) is 10.1. The summed E-state index contributed by atoms with van der Waals surface area (Å²) >= 11 is 0.863. The van der Waals surface area contributed by atoms with Crippen molar-refractivity contribution in [2.24, 2.45) is 7.05 Å². The number of carboxylic acids is 1. The fourth-order valence-corrected chi connectivity index (χ4v) is 3.90. The number of anilines is 1. The van der Waals surface area contributed by atoms with E-state index in [1.54, 1.807) is 20.0 Å². The van der Waals surface area contributed by atoms with Crippen molar-refractivity contribution in [3.05, 3.63) is 28.1 Å². The van der Waals surface area contributed by atoms with Crippen LogP contribution < -0.4 is 4.72 Å². The molecule has 0 radical (unpaired) electrons. The van der Waals surface area contributed by atoms with Crippen LogP contribution in [0.5, 0.6) is 0 Å². The van der Waals surface area contributed by atoms with E-state index in [9.17, 15) is 13.2 Å². The molecule has 0 atom stereocenters. The first-order valence-corrected chi connectivity index (χ1v) is 7.52. The summed E-state index contributed by atoms with van der Waals surface area (Å²) in [5, 5.41) is 14.4. The van der Waals surface area contributed by atoms with Gasteiger partial charge in [0.15, 0.2) is 0 Å². The van der Waals surface area contributed by atoms with Crippen molar-refractivity contribution in [3.63, 3.8) is 0 Å². The highest BCUT2D eigenvalue weighted by Crippen LogP contribution is 2.24. The zero-order valence-corrected chi connectivity index (χ0v) is 11.7. The van der Waals surface area contributed by atoms with E-state index < -0.39 is 16.0 Å². The van der Waals surface area contributed by atoms with E-state index in [1.165, 1.54) is 16.1 Å². The summed E-state index contributed by atoms with van der Waals surface area (Å²) in [5.41, 5.74) is 0.656. The van der Waals surface area contributed by atoms with Gasteiger partial charge in [-0.15, -0.1) is 11.3 Å². The number of thiophene rings is 1. The standard InChI is InChI=1S/C10H11N3O4S2/c1-6-5-8(13(2)11-6)12-19(16,17)7-3-4-18-9(7)10(14)15/h3-5,12H,1-2H3,(H,14,15). The number of aromatic nitrogens is 2. The zero-order chi connectivity index (χ0) is 14.2. The molecule has 9 heteroatoms. The molecular weight excluding hydrogens is 290 g/mol. The van der Waals surface area contributed by atoms with E-state index >= 15 is 0 Å². The predicted octanol–water partition coefficient (Wildman–Crippen LogP) is 1.29. The molecule has 2 N–H and O–H groups in total. The first kappa shape index (κ1) is 13.6. The smallest absolute Gasteiger partial charge is 0.347 e. The van der Waals surface area contributed by atoms with Crippen molar-refractivity contribution in [1.29, 1.82) is 0 Å². The molecule has 2 rings (SSSR count). The number of rotatable bonds is 4. The third-order valence-electron chi connectivity index (χ3n) is 2.35. The summed E-state index contributed by atoms with van der Waals surface area (Å²) in [4.78, 5) is 10.5. The van der Waals surface area contributed by atoms with Crippen LogP contribution in [0.15, 0.2) is 22.4 Å². The average Bonchev–Trinajstić information content (AvgIpc) is 2.86. The first-order chi connectivity index (χ1) is 8.81. The molecule has 0 amide bonds. The van der Waals surface area contributed by atoms with Crippen LogP contribution in [0.3, 0.4) is 0 Å². The van der Waals surface area contributed by atoms with Gasteiger partial charge in [-0.3, -0.25) is 9.40 Å². The molecule has 0 aliphatic heterocycles. The molecule has 2 aromatic heterocycles. The molecule has 102 valence electrons. The molecule has 0 aliphatic rings. The van der Waals surface area contributed by atoms with Gasteiger partial charge < -0.3 is 5.11 Å². The molecule has 0 aromatic carbocycles. The summed E-state index contributed by atoms with van der Waals surface area (Å²) in [6.07, 6.45) is 0. The lowest BCUT2D eigenvalue weighted by molar-refractivity contribution is 0.0698. The normalized spacial score (nSPS) is 11.5. The Morgan fingerprint density at radius 3 is 2.74 bits per heavy atom. The second-order valence-electron chi connectivity index (χ2n) is 3.82. The molecule has 0 spiro atoms. The Balaban J connectivity index is 2.41. The van der Waals surface area contributed by atoms with Crippen molar-refractivity contribution in [2.45, 2.75) is 11.8 Å². The first-order valence-electron chi connectivity index (χ1n) is 5.15. The van der Waals surface area contributed by atoms with Crippen molar-refractivity contribution in [3.8, 4) is 0 Å². The highest BCUT2D eigenvalue weighted by molar-refractivity contribution is 7.93. The summed E-state index contributed by atoms with van der Waals surface area (Å²) in [6, 6.07) is 2.82. The van der Waals surface area contributed by atoms with Gasteiger partial charge in [0.05, 0.1) is 5.69 Å². The van der Waals surface area contributed by atoms with E-state index in [4.69, 9.17) is 5.11 Å². The van der Waals surface area contributed by atoms with Gasteiger partial charge in [-0.2, -0.15) is 5.10 Å². The van der Waals surface area contributed by atoms with Crippen LogP contribution in [0.1, 0.15) is 15.4 Å². The molecule has 0 unspecified atom stereocenters. The molecule has 0 saturated heterocycles. The Morgan fingerprint density at radius 1 is 1.53 bits per heavy atom. The van der Waals surface area contributed by atoms with E-state index in [-0.39, 0.29) is 15.6 Å². The maximum Gasteiger partial charge on any atom is 0.347 e. The number of nitrogens with one attached hydrogen (secondary N) is 1.